The molecule has 2 aliphatic heterocycles. The number of nitrogens with zero attached hydrogens (tertiary/aromatic N) is 2. The molecule has 0 N–H and O–H groups in total. The molecule has 0 fully saturated rings. The van der Waals surface area contributed by atoms with Crippen LogP contribution < -0.4 is 16.4 Å². The molecule has 3 heteroatoms. The summed E-state index contributed by atoms with van der Waals surface area (Å²) in [5, 5.41) is 14.9. The third kappa shape index (κ3) is 4.75. The van der Waals surface area contributed by atoms with Gasteiger partial charge in [0.15, 0.2) is 0 Å². The van der Waals surface area contributed by atoms with Crippen molar-refractivity contribution >= 4 is 110 Å². The Morgan fingerprint density at radius 3 is 0.984 bits per heavy atom. The zero-order valence-electron chi connectivity index (χ0n) is 34.4. The lowest BCUT2D eigenvalue weighted by atomic mass is 9.34. The van der Waals surface area contributed by atoms with Crippen LogP contribution in [0.1, 0.15) is 26.3 Å². The van der Waals surface area contributed by atoms with Crippen LogP contribution in [-0.4, -0.2) is 15.8 Å². The highest BCUT2D eigenvalue weighted by molar-refractivity contribution is 7.00. The van der Waals surface area contributed by atoms with Crippen molar-refractivity contribution in [2.75, 3.05) is 0 Å². The lowest BCUT2D eigenvalue weighted by Gasteiger charge is -2.37. The Morgan fingerprint density at radius 1 is 0.328 bits per heavy atom. The first-order chi connectivity index (χ1) is 30.0. The van der Waals surface area contributed by atoms with E-state index < -0.39 is 0 Å². The average Bonchev–Trinajstić information content (AvgIpc) is 3.37. The topological polar surface area (TPSA) is 9.86 Å². The highest BCUT2D eigenvalue weighted by Crippen LogP contribution is 2.40. The second-order valence-electron chi connectivity index (χ2n) is 18.0. The van der Waals surface area contributed by atoms with Crippen LogP contribution in [-0.2, 0) is 5.41 Å². The maximum atomic E-state index is 2.64. The summed E-state index contributed by atoms with van der Waals surface area (Å²) in [6.45, 7) is 7.06. The molecular formula is C58H41BN2. The maximum Gasteiger partial charge on any atom is 0.252 e. The van der Waals surface area contributed by atoms with E-state index in [-0.39, 0.29) is 12.1 Å². The van der Waals surface area contributed by atoms with Gasteiger partial charge >= 0.3 is 0 Å². The van der Waals surface area contributed by atoms with Crippen molar-refractivity contribution in [3.05, 3.63) is 200 Å². The molecule has 9 aromatic carbocycles. The highest BCUT2D eigenvalue weighted by Gasteiger charge is 2.40. The molecule has 0 bridgehead atoms. The van der Waals surface area contributed by atoms with Crippen LogP contribution in [0.3, 0.4) is 0 Å². The fraction of sp³-hybridized carbons (Fsp3) is 0.0690. The monoisotopic (exact) mass is 776 g/mol. The number of rotatable bonds is 0. The minimum absolute atomic E-state index is 0.0266. The minimum atomic E-state index is -0.142. The van der Waals surface area contributed by atoms with E-state index in [1.165, 1.54) is 120 Å². The number of para-hydroxylation sites is 4. The van der Waals surface area contributed by atoms with Gasteiger partial charge in [0.2, 0.25) is 0 Å². The van der Waals surface area contributed by atoms with E-state index in [1.807, 2.05) is 0 Å². The number of aromatic nitrogens is 2. The summed E-state index contributed by atoms with van der Waals surface area (Å²) >= 11 is 0. The van der Waals surface area contributed by atoms with Gasteiger partial charge in [0.25, 0.3) is 6.71 Å². The largest absolute Gasteiger partial charge is 0.310 e. The summed E-state index contributed by atoms with van der Waals surface area (Å²) < 4.78 is 5.29. The van der Waals surface area contributed by atoms with Crippen LogP contribution in [0.4, 0.5) is 0 Å². The predicted molar refractivity (Wildman–Crippen MR) is 264 cm³/mol. The van der Waals surface area contributed by atoms with Crippen molar-refractivity contribution in [2.24, 2.45) is 0 Å². The van der Waals surface area contributed by atoms with Crippen LogP contribution in [0.2, 0.25) is 0 Å². The van der Waals surface area contributed by atoms with Crippen LogP contribution in [0.15, 0.2) is 194 Å². The fourth-order valence-electron chi connectivity index (χ4n) is 11.1. The highest BCUT2D eigenvalue weighted by atomic mass is 15.0. The minimum Gasteiger partial charge on any atom is -0.310 e. The second-order valence-corrected chi connectivity index (χ2v) is 18.0. The third-order valence-corrected chi connectivity index (χ3v) is 13.7. The lowest BCUT2D eigenvalue weighted by molar-refractivity contribution is 0.589. The Balaban J connectivity index is 1.38. The van der Waals surface area contributed by atoms with Gasteiger partial charge < -0.3 is 9.13 Å². The zero-order chi connectivity index (χ0) is 40.6. The van der Waals surface area contributed by atoms with Gasteiger partial charge in [0, 0.05) is 44.0 Å². The molecule has 11 aromatic rings. The molecule has 0 aliphatic carbocycles. The van der Waals surface area contributed by atoms with Crippen molar-refractivity contribution < 1.29 is 0 Å². The summed E-state index contributed by atoms with van der Waals surface area (Å²) in [5.74, 6) is 0. The normalized spacial score (nSPS) is 12.8. The van der Waals surface area contributed by atoms with Gasteiger partial charge in [-0.15, -0.1) is 0 Å². The van der Waals surface area contributed by atoms with Gasteiger partial charge in [-0.05, 0) is 94.7 Å². The molecule has 2 aliphatic rings. The summed E-state index contributed by atoms with van der Waals surface area (Å²) in [6.07, 6.45) is 0. The molecule has 0 atom stereocenters. The Bertz CT molecular complexity index is 3630. The van der Waals surface area contributed by atoms with Crippen molar-refractivity contribution in [3.63, 3.8) is 0 Å². The first-order valence-electron chi connectivity index (χ1n) is 21.6. The Kier molecular flexibility index (Phi) is 7.12. The molecule has 2 aromatic heterocycles. The lowest BCUT2D eigenvalue weighted by Crippen LogP contribution is -2.59. The molecule has 0 amide bonds. The van der Waals surface area contributed by atoms with Crippen molar-refractivity contribution in [2.45, 2.75) is 26.2 Å². The quantitative estimate of drug-likeness (QED) is 0.136. The van der Waals surface area contributed by atoms with Crippen LogP contribution in [0, 0.1) is 0 Å². The van der Waals surface area contributed by atoms with E-state index in [9.17, 15) is 0 Å². The number of fused-ring (bicyclic) bond motifs is 18. The van der Waals surface area contributed by atoms with Gasteiger partial charge in [-0.2, -0.15) is 0 Å². The molecule has 0 saturated carbocycles. The molecule has 0 spiro atoms. The van der Waals surface area contributed by atoms with Gasteiger partial charge in [0.05, 0.1) is 11.0 Å². The molecule has 13 rings (SSSR count). The molecule has 61 heavy (non-hydrogen) atoms. The molecule has 0 radical (unpaired) electrons. The summed E-state index contributed by atoms with van der Waals surface area (Å²) in [5.41, 5.74) is 12.5. The van der Waals surface area contributed by atoms with E-state index in [2.05, 4.69) is 224 Å². The second kappa shape index (κ2) is 12.6. The number of benzene rings is 9. The molecule has 0 saturated heterocycles. The zero-order valence-corrected chi connectivity index (χ0v) is 34.4. The fourth-order valence-corrected chi connectivity index (χ4v) is 11.1. The van der Waals surface area contributed by atoms with Crippen LogP contribution in [0.25, 0.3) is 98.1 Å². The van der Waals surface area contributed by atoms with E-state index in [0.717, 1.165) is 0 Å². The van der Waals surface area contributed by atoms with Crippen molar-refractivity contribution in [1.82, 2.24) is 9.13 Å². The molecule has 4 heterocycles. The summed E-state index contributed by atoms with van der Waals surface area (Å²) in [6, 6.07) is 73.5. The van der Waals surface area contributed by atoms with E-state index >= 15 is 0 Å². The van der Waals surface area contributed by atoms with Crippen molar-refractivity contribution in [1.29, 1.82) is 0 Å². The maximum absolute atomic E-state index is 2.64. The average molecular weight is 777 g/mol. The Hall–Kier alpha value is -7.36. The van der Waals surface area contributed by atoms with Crippen LogP contribution >= 0.6 is 0 Å². The van der Waals surface area contributed by atoms with E-state index in [4.69, 9.17) is 0 Å². The molecule has 0 unspecified atom stereocenters. The SMILES string of the molecule is CC(C)(C)c1cc2c3c(c1)-n1c4ccccc4c4ccccc4c4ccccc4c4cccc(c41)B3c1cccc3c4ccccc4c4ccccc4c4ccccc4n-2c13. The summed E-state index contributed by atoms with van der Waals surface area (Å²) in [4.78, 5) is 0. The smallest absolute Gasteiger partial charge is 0.252 e. The molecule has 286 valence electrons. The number of hydrogen-bond donors (Lipinski definition) is 0. The molecular weight excluding hydrogens is 735 g/mol. The Morgan fingerprint density at radius 2 is 0.623 bits per heavy atom. The van der Waals surface area contributed by atoms with Gasteiger partial charge in [-0.25, -0.2) is 0 Å². The first kappa shape index (κ1) is 34.5. The van der Waals surface area contributed by atoms with Gasteiger partial charge in [-0.3, -0.25) is 0 Å². The van der Waals surface area contributed by atoms with E-state index in [1.54, 1.807) is 0 Å². The van der Waals surface area contributed by atoms with Gasteiger partial charge in [-0.1, -0.05) is 191 Å². The standard InChI is InChI=1S/C58H41BN2/c1-58(2,3)36-34-53-55-54(35-36)61-52-33-15-13-27-46(52)42-23-9-5-19-38(42)40-21-7-11-25-44(40)48-29-17-31-50(57(48)61)59(55)49-30-16-28-47-43-24-10-6-20-39(43)37-18-4-8-22-41(37)45-26-12-14-32-51(45)60(53)56(47)49/h4-35H,1-3H3. The first-order valence-corrected chi connectivity index (χ1v) is 21.6. The summed E-state index contributed by atoms with van der Waals surface area (Å²) in [7, 11) is 0. The predicted octanol–water partition coefficient (Wildman–Crippen LogP) is 13.2. The number of hydrogen-bond acceptors (Lipinski definition) is 0. The van der Waals surface area contributed by atoms with Crippen molar-refractivity contribution in [3.8, 4) is 11.4 Å². The van der Waals surface area contributed by atoms with E-state index in [0.29, 0.717) is 0 Å². The molecule has 2 nitrogen and oxygen atoms in total. The van der Waals surface area contributed by atoms with Crippen LogP contribution in [0.5, 0.6) is 0 Å². The third-order valence-electron chi connectivity index (χ3n) is 13.7. The van der Waals surface area contributed by atoms with Gasteiger partial charge in [0.1, 0.15) is 0 Å². The Labute approximate surface area is 354 Å².